The Kier molecular flexibility index (Phi) is 5.33. The molecule has 7 nitrogen and oxygen atoms in total. The Labute approximate surface area is 198 Å². The van der Waals surface area contributed by atoms with Crippen molar-refractivity contribution < 1.29 is 18.8 Å². The molecular formula is C25H19FN4O3S. The van der Waals surface area contributed by atoms with Crippen LogP contribution in [-0.2, 0) is 15.1 Å². The fraction of sp³-hybridized carbons (Fsp3) is 0.120. The van der Waals surface area contributed by atoms with Crippen LogP contribution < -0.4 is 10.6 Å². The lowest BCUT2D eigenvalue weighted by atomic mass is 9.90. The van der Waals surface area contributed by atoms with Gasteiger partial charge in [0.2, 0.25) is 5.91 Å². The number of hydrogen-bond donors (Lipinski definition) is 2. The van der Waals surface area contributed by atoms with E-state index in [0.717, 1.165) is 15.7 Å². The molecule has 2 heterocycles. The molecule has 0 aliphatic carbocycles. The second-order valence-electron chi connectivity index (χ2n) is 8.10. The number of urea groups is 1. The van der Waals surface area contributed by atoms with E-state index < -0.39 is 29.9 Å². The van der Waals surface area contributed by atoms with Crippen molar-refractivity contribution in [1.29, 1.82) is 0 Å². The fourth-order valence-corrected chi connectivity index (χ4v) is 4.66. The first-order valence-electron chi connectivity index (χ1n) is 10.5. The van der Waals surface area contributed by atoms with Crippen LogP contribution in [0, 0.1) is 5.82 Å². The van der Waals surface area contributed by atoms with Gasteiger partial charge >= 0.3 is 6.03 Å². The molecule has 0 saturated carbocycles. The van der Waals surface area contributed by atoms with Crippen LogP contribution in [0.5, 0.6) is 0 Å². The van der Waals surface area contributed by atoms with Crippen LogP contribution >= 0.6 is 11.3 Å². The Morgan fingerprint density at radius 3 is 2.59 bits per heavy atom. The minimum Gasteiger partial charge on any atom is -0.319 e. The predicted octanol–water partition coefficient (Wildman–Crippen LogP) is 4.51. The third kappa shape index (κ3) is 3.90. The summed E-state index contributed by atoms with van der Waals surface area (Å²) < 4.78 is 13.1. The Bertz CT molecular complexity index is 1440. The number of imide groups is 1. The molecule has 1 aliphatic rings. The summed E-state index contributed by atoms with van der Waals surface area (Å²) in [5.41, 5.74) is 0.645. The molecule has 3 aromatic carbocycles. The van der Waals surface area contributed by atoms with E-state index >= 15 is 0 Å². The molecule has 1 aromatic heterocycles. The lowest BCUT2D eigenvalue weighted by molar-refractivity contribution is -0.133. The van der Waals surface area contributed by atoms with Gasteiger partial charge in [0.1, 0.15) is 17.9 Å². The van der Waals surface area contributed by atoms with Crippen molar-refractivity contribution in [3.63, 3.8) is 0 Å². The Balaban J connectivity index is 1.30. The van der Waals surface area contributed by atoms with E-state index in [9.17, 15) is 18.8 Å². The summed E-state index contributed by atoms with van der Waals surface area (Å²) in [6.45, 7) is 1.18. The van der Waals surface area contributed by atoms with Crippen LogP contribution in [0.4, 0.5) is 14.3 Å². The van der Waals surface area contributed by atoms with Gasteiger partial charge in [0, 0.05) is 10.9 Å². The van der Waals surface area contributed by atoms with Crippen LogP contribution in [0.15, 0.2) is 72.1 Å². The number of carbonyl (C=O) groups excluding carboxylic acids is 3. The largest absolute Gasteiger partial charge is 0.325 e. The number of halogens is 1. The number of nitrogens with one attached hydrogen (secondary N) is 2. The van der Waals surface area contributed by atoms with Crippen molar-refractivity contribution in [3.05, 3.63) is 83.5 Å². The van der Waals surface area contributed by atoms with Crippen LogP contribution in [-0.4, -0.2) is 34.3 Å². The maximum Gasteiger partial charge on any atom is 0.325 e. The number of aromatic nitrogens is 1. The first-order valence-corrected chi connectivity index (χ1v) is 11.4. The molecule has 5 rings (SSSR count). The van der Waals surface area contributed by atoms with Gasteiger partial charge < -0.3 is 10.6 Å². The average Bonchev–Trinajstić information content (AvgIpc) is 3.38. The van der Waals surface area contributed by atoms with Crippen LogP contribution in [0.3, 0.4) is 0 Å². The first-order chi connectivity index (χ1) is 16.3. The maximum atomic E-state index is 13.2. The van der Waals surface area contributed by atoms with Gasteiger partial charge in [-0.25, -0.2) is 14.2 Å². The molecular weight excluding hydrogens is 455 g/mol. The highest BCUT2D eigenvalue weighted by Crippen LogP contribution is 2.31. The first kappa shape index (κ1) is 21.7. The Hall–Kier alpha value is -4.11. The summed E-state index contributed by atoms with van der Waals surface area (Å²) in [6, 6.07) is 18.5. The summed E-state index contributed by atoms with van der Waals surface area (Å²) in [6.07, 6.45) is 0. The quantitative estimate of drug-likeness (QED) is 0.417. The molecule has 1 atom stereocenters. The summed E-state index contributed by atoms with van der Waals surface area (Å²) >= 11 is 1.19. The number of benzene rings is 3. The predicted molar refractivity (Wildman–Crippen MR) is 128 cm³/mol. The molecule has 34 heavy (non-hydrogen) atoms. The zero-order valence-electron chi connectivity index (χ0n) is 18.0. The van der Waals surface area contributed by atoms with Crippen molar-refractivity contribution >= 4 is 45.1 Å². The summed E-state index contributed by atoms with van der Waals surface area (Å²) in [4.78, 5) is 43.6. The molecule has 1 aliphatic heterocycles. The number of rotatable bonds is 5. The average molecular weight is 475 g/mol. The monoisotopic (exact) mass is 474 g/mol. The SMILES string of the molecule is CC1(c2ccc3ccccc3c2)NC(=O)N(CC(=O)Nc2nc(-c3ccc(F)cc3)cs2)C1=O. The zero-order chi connectivity index (χ0) is 23.9. The van der Waals surface area contributed by atoms with Gasteiger partial charge in [-0.3, -0.25) is 14.5 Å². The molecule has 9 heteroatoms. The third-order valence-electron chi connectivity index (χ3n) is 5.79. The number of carbonyl (C=O) groups is 3. The molecule has 2 N–H and O–H groups in total. The van der Waals surface area contributed by atoms with Crippen molar-refractivity contribution in [2.24, 2.45) is 0 Å². The highest BCUT2D eigenvalue weighted by molar-refractivity contribution is 7.14. The lowest BCUT2D eigenvalue weighted by Crippen LogP contribution is -2.42. The molecule has 4 amide bonds. The van der Waals surface area contributed by atoms with E-state index in [1.807, 2.05) is 36.4 Å². The van der Waals surface area contributed by atoms with Crippen molar-refractivity contribution in [3.8, 4) is 11.3 Å². The summed E-state index contributed by atoms with van der Waals surface area (Å²) in [7, 11) is 0. The number of amides is 4. The van der Waals surface area contributed by atoms with Gasteiger partial charge in [0.15, 0.2) is 5.13 Å². The van der Waals surface area contributed by atoms with Gasteiger partial charge in [-0.1, -0.05) is 36.4 Å². The van der Waals surface area contributed by atoms with Gasteiger partial charge in [0.25, 0.3) is 5.91 Å². The number of nitrogens with zero attached hydrogens (tertiary/aromatic N) is 2. The topological polar surface area (TPSA) is 91.4 Å². The minimum atomic E-state index is -1.28. The van der Waals surface area contributed by atoms with E-state index in [0.29, 0.717) is 22.0 Å². The molecule has 1 fully saturated rings. The second kappa shape index (κ2) is 8.35. The number of hydrogen-bond acceptors (Lipinski definition) is 5. The van der Waals surface area contributed by atoms with E-state index in [2.05, 4.69) is 15.6 Å². The zero-order valence-corrected chi connectivity index (χ0v) is 18.9. The molecule has 1 unspecified atom stereocenters. The lowest BCUT2D eigenvalue weighted by Gasteiger charge is -2.22. The Morgan fingerprint density at radius 1 is 1.09 bits per heavy atom. The van der Waals surface area contributed by atoms with Gasteiger partial charge in [0.05, 0.1) is 5.69 Å². The molecule has 0 radical (unpaired) electrons. The molecule has 0 bridgehead atoms. The number of fused-ring (bicyclic) bond motifs is 1. The second-order valence-corrected chi connectivity index (χ2v) is 8.96. The van der Waals surface area contributed by atoms with Crippen molar-refractivity contribution in [1.82, 2.24) is 15.2 Å². The minimum absolute atomic E-state index is 0.314. The summed E-state index contributed by atoms with van der Waals surface area (Å²) in [5.74, 6) is -1.41. The number of thiazole rings is 1. The van der Waals surface area contributed by atoms with Gasteiger partial charge in [-0.05, 0) is 53.6 Å². The molecule has 0 spiro atoms. The highest BCUT2D eigenvalue weighted by Gasteiger charge is 2.49. The van der Waals surface area contributed by atoms with E-state index in [-0.39, 0.29) is 5.82 Å². The smallest absolute Gasteiger partial charge is 0.319 e. The standard InChI is InChI=1S/C25H19FN4O3S/c1-25(18-9-6-15-4-2-3-5-17(15)12-18)22(32)30(24(33)29-25)13-21(31)28-23-27-20(14-34-23)16-7-10-19(26)11-8-16/h2-12,14H,13H2,1H3,(H,29,33)(H,27,28,31). The fourth-order valence-electron chi connectivity index (χ4n) is 3.92. The van der Waals surface area contributed by atoms with Gasteiger partial charge in [-0.2, -0.15) is 0 Å². The van der Waals surface area contributed by atoms with Crippen molar-refractivity contribution in [2.75, 3.05) is 11.9 Å². The molecule has 1 saturated heterocycles. The van der Waals surface area contributed by atoms with Gasteiger partial charge in [-0.15, -0.1) is 11.3 Å². The van der Waals surface area contributed by atoms with E-state index in [1.165, 1.54) is 23.5 Å². The maximum absolute atomic E-state index is 13.2. The third-order valence-corrected chi connectivity index (χ3v) is 6.55. The summed E-state index contributed by atoms with van der Waals surface area (Å²) in [5, 5.41) is 9.36. The molecule has 4 aromatic rings. The van der Waals surface area contributed by atoms with E-state index in [4.69, 9.17) is 0 Å². The van der Waals surface area contributed by atoms with Crippen molar-refractivity contribution in [2.45, 2.75) is 12.5 Å². The van der Waals surface area contributed by atoms with Crippen LogP contribution in [0.1, 0.15) is 12.5 Å². The highest BCUT2D eigenvalue weighted by atomic mass is 32.1. The normalized spacial score (nSPS) is 17.8. The number of anilines is 1. The molecule has 170 valence electrons. The van der Waals surface area contributed by atoms with Crippen LogP contribution in [0.2, 0.25) is 0 Å². The van der Waals surface area contributed by atoms with Crippen LogP contribution in [0.25, 0.3) is 22.0 Å². The Morgan fingerprint density at radius 2 is 1.82 bits per heavy atom. The van der Waals surface area contributed by atoms with E-state index in [1.54, 1.807) is 30.5 Å².